The van der Waals surface area contributed by atoms with E-state index in [0.717, 1.165) is 42.9 Å². The average Bonchev–Trinajstić information content (AvgIpc) is 3.38. The van der Waals surface area contributed by atoms with Crippen molar-refractivity contribution in [3.63, 3.8) is 0 Å². The number of aromatic nitrogens is 1. The fraction of sp³-hybridized carbons (Fsp3) is 0.500. The van der Waals surface area contributed by atoms with Crippen molar-refractivity contribution in [3.05, 3.63) is 40.9 Å². The molecule has 9 heteroatoms. The Labute approximate surface area is 174 Å². The van der Waals surface area contributed by atoms with Crippen molar-refractivity contribution < 1.29 is 13.5 Å². The fourth-order valence-corrected chi connectivity index (χ4v) is 3.93. The number of guanidine groups is 1. The maximum absolute atomic E-state index is 13.6. The summed E-state index contributed by atoms with van der Waals surface area (Å²) in [4.78, 5) is 11.6. The molecule has 0 bridgehead atoms. The third kappa shape index (κ3) is 6.56. The van der Waals surface area contributed by atoms with Crippen molar-refractivity contribution in [1.29, 1.82) is 0 Å². The standard InChI is InChI=1S/C20H27F2N5OS/c1-2-23-19(25-9-12-28-18-6-5-15(21)13-17(18)22)24-8-7-16-14-29-20(26-16)27-10-3-4-11-27/h5-6,13-14H,2-4,7-12H2,1H3,(H2,23,24,25). The molecule has 1 aliphatic rings. The van der Waals surface area contributed by atoms with Gasteiger partial charge in [0.1, 0.15) is 12.4 Å². The van der Waals surface area contributed by atoms with E-state index in [1.54, 1.807) is 11.3 Å². The molecule has 2 heterocycles. The Balaban J connectivity index is 1.42. The van der Waals surface area contributed by atoms with E-state index >= 15 is 0 Å². The zero-order chi connectivity index (χ0) is 20.5. The zero-order valence-electron chi connectivity index (χ0n) is 16.6. The predicted molar refractivity (Wildman–Crippen MR) is 113 cm³/mol. The molecule has 1 aliphatic heterocycles. The van der Waals surface area contributed by atoms with E-state index in [-0.39, 0.29) is 12.4 Å². The molecule has 1 fully saturated rings. The first-order chi connectivity index (χ1) is 14.2. The summed E-state index contributed by atoms with van der Waals surface area (Å²) in [5.41, 5.74) is 1.06. The van der Waals surface area contributed by atoms with Gasteiger partial charge in [0, 0.05) is 44.0 Å². The Morgan fingerprint density at radius 3 is 2.86 bits per heavy atom. The van der Waals surface area contributed by atoms with Crippen molar-refractivity contribution in [2.24, 2.45) is 4.99 Å². The molecule has 0 aliphatic carbocycles. The number of ether oxygens (including phenoxy) is 1. The minimum absolute atomic E-state index is 0.0347. The number of nitrogens with one attached hydrogen (secondary N) is 2. The van der Waals surface area contributed by atoms with Gasteiger partial charge in [-0.25, -0.2) is 13.8 Å². The Bertz CT molecular complexity index is 808. The van der Waals surface area contributed by atoms with Gasteiger partial charge in [0.05, 0.1) is 12.2 Å². The molecule has 0 radical (unpaired) electrons. The summed E-state index contributed by atoms with van der Waals surface area (Å²) >= 11 is 1.70. The van der Waals surface area contributed by atoms with Crippen molar-refractivity contribution >= 4 is 22.4 Å². The lowest BCUT2D eigenvalue weighted by atomic mass is 10.3. The number of nitrogens with zero attached hydrogens (tertiary/aromatic N) is 3. The second-order valence-electron chi connectivity index (χ2n) is 6.68. The van der Waals surface area contributed by atoms with Crippen LogP contribution in [0.2, 0.25) is 0 Å². The quantitative estimate of drug-likeness (QED) is 0.369. The topological polar surface area (TPSA) is 61.8 Å². The van der Waals surface area contributed by atoms with Crippen LogP contribution < -0.4 is 20.3 Å². The lowest BCUT2D eigenvalue weighted by molar-refractivity contribution is 0.304. The molecule has 2 N–H and O–H groups in total. The van der Waals surface area contributed by atoms with Crippen LogP contribution in [-0.4, -0.2) is 50.3 Å². The minimum atomic E-state index is -0.706. The zero-order valence-corrected chi connectivity index (χ0v) is 17.4. The number of halogens is 2. The minimum Gasteiger partial charge on any atom is -0.489 e. The van der Waals surface area contributed by atoms with Gasteiger partial charge in [0.15, 0.2) is 22.7 Å². The van der Waals surface area contributed by atoms with Crippen LogP contribution >= 0.6 is 11.3 Å². The summed E-state index contributed by atoms with van der Waals surface area (Å²) < 4.78 is 31.8. The highest BCUT2D eigenvalue weighted by atomic mass is 32.1. The lowest BCUT2D eigenvalue weighted by Crippen LogP contribution is -2.39. The molecule has 29 heavy (non-hydrogen) atoms. The molecule has 158 valence electrons. The SMILES string of the molecule is CCNC(=NCCc1csc(N2CCCC2)n1)NCCOc1ccc(F)cc1F. The van der Waals surface area contributed by atoms with Crippen LogP contribution in [0.4, 0.5) is 13.9 Å². The van der Waals surface area contributed by atoms with Crippen LogP contribution in [0.25, 0.3) is 0 Å². The van der Waals surface area contributed by atoms with Crippen molar-refractivity contribution in [3.8, 4) is 5.75 Å². The molecule has 1 aromatic carbocycles. The van der Waals surface area contributed by atoms with Gasteiger partial charge in [0.2, 0.25) is 0 Å². The summed E-state index contributed by atoms with van der Waals surface area (Å²) in [6, 6.07) is 3.26. The first-order valence-electron chi connectivity index (χ1n) is 9.95. The summed E-state index contributed by atoms with van der Waals surface area (Å²) in [5.74, 6) is -0.623. The molecule has 0 atom stereocenters. The average molecular weight is 424 g/mol. The predicted octanol–water partition coefficient (Wildman–Crippen LogP) is 3.20. The van der Waals surface area contributed by atoms with Crippen molar-refractivity contribution in [2.75, 3.05) is 44.2 Å². The second kappa shape index (κ2) is 10.9. The number of thiazole rings is 1. The molecule has 0 amide bonds. The molecular weight excluding hydrogens is 396 g/mol. The third-order valence-electron chi connectivity index (χ3n) is 4.44. The third-order valence-corrected chi connectivity index (χ3v) is 5.39. The summed E-state index contributed by atoms with van der Waals surface area (Å²) in [6.45, 7) is 6.22. The molecule has 1 aromatic heterocycles. The van der Waals surface area contributed by atoms with Gasteiger partial charge < -0.3 is 20.3 Å². The van der Waals surface area contributed by atoms with Gasteiger partial charge in [-0.1, -0.05) is 0 Å². The van der Waals surface area contributed by atoms with E-state index in [1.165, 1.54) is 25.0 Å². The highest BCUT2D eigenvalue weighted by Crippen LogP contribution is 2.24. The van der Waals surface area contributed by atoms with E-state index < -0.39 is 11.6 Å². The monoisotopic (exact) mass is 423 g/mol. The van der Waals surface area contributed by atoms with Crippen LogP contribution in [0.5, 0.6) is 5.75 Å². The van der Waals surface area contributed by atoms with Crippen LogP contribution in [0, 0.1) is 11.6 Å². The molecule has 0 unspecified atom stereocenters. The van der Waals surface area contributed by atoms with Crippen molar-refractivity contribution in [1.82, 2.24) is 15.6 Å². The maximum Gasteiger partial charge on any atom is 0.191 e. The molecule has 1 saturated heterocycles. The Kier molecular flexibility index (Phi) is 8.03. The normalized spacial score (nSPS) is 14.3. The molecule has 0 saturated carbocycles. The van der Waals surface area contributed by atoms with E-state index in [4.69, 9.17) is 9.72 Å². The maximum atomic E-state index is 13.6. The van der Waals surface area contributed by atoms with Crippen molar-refractivity contribution in [2.45, 2.75) is 26.2 Å². The van der Waals surface area contributed by atoms with Gasteiger partial charge in [-0.15, -0.1) is 11.3 Å². The van der Waals surface area contributed by atoms with E-state index in [0.29, 0.717) is 19.0 Å². The fourth-order valence-electron chi connectivity index (χ4n) is 3.01. The highest BCUT2D eigenvalue weighted by molar-refractivity contribution is 7.13. The molecule has 0 spiro atoms. The summed E-state index contributed by atoms with van der Waals surface area (Å²) in [5, 5.41) is 9.53. The molecule has 6 nitrogen and oxygen atoms in total. The van der Waals surface area contributed by atoms with Gasteiger partial charge in [-0.05, 0) is 31.9 Å². The summed E-state index contributed by atoms with van der Waals surface area (Å²) in [7, 11) is 0. The van der Waals surface area contributed by atoms with E-state index in [9.17, 15) is 8.78 Å². The first-order valence-corrected chi connectivity index (χ1v) is 10.8. The van der Waals surface area contributed by atoms with E-state index in [2.05, 4.69) is 25.9 Å². The second-order valence-corrected chi connectivity index (χ2v) is 7.51. The largest absolute Gasteiger partial charge is 0.489 e. The summed E-state index contributed by atoms with van der Waals surface area (Å²) in [6.07, 6.45) is 3.26. The molecule has 3 rings (SSSR count). The Morgan fingerprint density at radius 2 is 2.10 bits per heavy atom. The smallest absolute Gasteiger partial charge is 0.191 e. The Hall–Kier alpha value is -2.42. The number of anilines is 1. The van der Waals surface area contributed by atoms with Crippen LogP contribution in [0.15, 0.2) is 28.6 Å². The number of benzene rings is 1. The number of hydrogen-bond donors (Lipinski definition) is 2. The lowest BCUT2D eigenvalue weighted by Gasteiger charge is -2.12. The van der Waals surface area contributed by atoms with Gasteiger partial charge in [0.25, 0.3) is 0 Å². The van der Waals surface area contributed by atoms with Crippen LogP contribution in [0.1, 0.15) is 25.5 Å². The van der Waals surface area contributed by atoms with Gasteiger partial charge in [-0.3, -0.25) is 4.99 Å². The van der Waals surface area contributed by atoms with Crippen LogP contribution in [0.3, 0.4) is 0 Å². The number of hydrogen-bond acceptors (Lipinski definition) is 5. The number of rotatable bonds is 9. The van der Waals surface area contributed by atoms with E-state index in [1.807, 2.05) is 6.92 Å². The van der Waals surface area contributed by atoms with Gasteiger partial charge >= 0.3 is 0 Å². The van der Waals surface area contributed by atoms with Crippen LogP contribution in [-0.2, 0) is 6.42 Å². The molecular formula is C20H27F2N5OS. The van der Waals surface area contributed by atoms with Gasteiger partial charge in [-0.2, -0.15) is 0 Å². The number of aliphatic imine (C=N–C) groups is 1. The first kappa shape index (κ1) is 21.3. The molecule has 2 aromatic rings. The highest BCUT2D eigenvalue weighted by Gasteiger charge is 2.15. The Morgan fingerprint density at radius 1 is 1.28 bits per heavy atom.